The van der Waals surface area contributed by atoms with Crippen LogP contribution >= 0.6 is 0 Å². The molecule has 182 valence electrons. The molecule has 0 unspecified atom stereocenters. The molecule has 33 heavy (non-hydrogen) atoms. The minimum Gasteiger partial charge on any atom is -0.370 e. The Labute approximate surface area is 197 Å². The monoisotopic (exact) mass is 475 g/mol. The Hall–Kier alpha value is -2.29. The number of amides is 1. The van der Waals surface area contributed by atoms with E-state index < -0.39 is 26.4 Å². The van der Waals surface area contributed by atoms with Gasteiger partial charge in [0.1, 0.15) is 0 Å². The average molecular weight is 476 g/mol. The van der Waals surface area contributed by atoms with Crippen LogP contribution in [0.3, 0.4) is 0 Å². The van der Waals surface area contributed by atoms with Crippen LogP contribution < -0.4 is 16.8 Å². The van der Waals surface area contributed by atoms with Crippen molar-refractivity contribution in [3.63, 3.8) is 0 Å². The van der Waals surface area contributed by atoms with E-state index >= 15 is 0 Å². The lowest BCUT2D eigenvalue weighted by atomic mass is 10.0. The minimum absolute atomic E-state index is 0.00259. The van der Waals surface area contributed by atoms with Gasteiger partial charge in [0.05, 0.1) is 4.90 Å². The summed E-state index contributed by atoms with van der Waals surface area (Å²) in [6.07, 6.45) is 5.17. The summed E-state index contributed by atoms with van der Waals surface area (Å²) in [5.74, 6) is -1.27. The summed E-state index contributed by atoms with van der Waals surface area (Å²) in [6, 6.07) is 11.9. The van der Waals surface area contributed by atoms with Crippen LogP contribution in [0.2, 0.25) is 0 Å². The van der Waals surface area contributed by atoms with Crippen LogP contribution in [-0.2, 0) is 19.4 Å². The predicted molar refractivity (Wildman–Crippen MR) is 132 cm³/mol. The number of Topliss-reactive ketones (excluding diaryl/α,β-unsaturated/α-hetero) is 1. The Morgan fingerprint density at radius 2 is 1.58 bits per heavy atom. The zero-order chi connectivity index (χ0) is 24.3. The van der Waals surface area contributed by atoms with Crippen LogP contribution in [0.5, 0.6) is 0 Å². The lowest BCUT2D eigenvalue weighted by Crippen LogP contribution is -2.55. The fourth-order valence-corrected chi connectivity index (χ4v) is 5.81. The first-order valence-electron chi connectivity index (χ1n) is 11.8. The van der Waals surface area contributed by atoms with Crippen molar-refractivity contribution in [2.45, 2.75) is 74.5 Å². The van der Waals surface area contributed by atoms with Crippen LogP contribution in [-0.4, -0.2) is 38.1 Å². The number of benzene rings is 2. The van der Waals surface area contributed by atoms with E-state index in [-0.39, 0.29) is 24.2 Å². The number of carbonyl (C=O) groups is 2. The van der Waals surface area contributed by atoms with Gasteiger partial charge in [-0.05, 0) is 50.2 Å². The van der Waals surface area contributed by atoms with Crippen molar-refractivity contribution >= 4 is 32.3 Å². The van der Waals surface area contributed by atoms with Crippen molar-refractivity contribution in [3.05, 3.63) is 42.5 Å². The molecule has 0 aliphatic rings. The molecule has 0 spiro atoms. The Morgan fingerprint density at radius 1 is 0.909 bits per heavy atom. The van der Waals surface area contributed by atoms with E-state index in [2.05, 4.69) is 12.2 Å². The maximum absolute atomic E-state index is 13.7. The SMILES string of the molecule is CCCCCNCCCCCC(=O)[C@](N)(CCC(N)=O)S(=O)(=O)c1cccc2ccccc12. The van der Waals surface area contributed by atoms with Gasteiger partial charge in [-0.1, -0.05) is 62.6 Å². The van der Waals surface area contributed by atoms with Gasteiger partial charge in [-0.25, -0.2) is 8.42 Å². The zero-order valence-electron chi connectivity index (χ0n) is 19.5. The second-order valence-corrected chi connectivity index (χ2v) is 10.7. The van der Waals surface area contributed by atoms with E-state index in [1.54, 1.807) is 30.3 Å². The number of nitrogens with two attached hydrogens (primary N) is 2. The number of fused-ring (bicyclic) bond motifs is 1. The van der Waals surface area contributed by atoms with Gasteiger partial charge in [-0.3, -0.25) is 9.59 Å². The summed E-state index contributed by atoms with van der Waals surface area (Å²) >= 11 is 0. The summed E-state index contributed by atoms with van der Waals surface area (Å²) in [5.41, 5.74) is 11.6. The number of rotatable bonds is 16. The van der Waals surface area contributed by atoms with Gasteiger partial charge in [-0.2, -0.15) is 0 Å². The van der Waals surface area contributed by atoms with Crippen LogP contribution in [0.15, 0.2) is 47.4 Å². The maximum Gasteiger partial charge on any atom is 0.217 e. The molecule has 1 atom stereocenters. The van der Waals surface area contributed by atoms with Gasteiger partial charge >= 0.3 is 0 Å². The highest BCUT2D eigenvalue weighted by Crippen LogP contribution is 2.33. The first-order chi connectivity index (χ1) is 15.7. The fraction of sp³-hybridized carbons (Fsp3) is 0.520. The summed E-state index contributed by atoms with van der Waals surface area (Å²) in [4.78, 5) is 22.4. The van der Waals surface area contributed by atoms with Crippen molar-refractivity contribution in [2.24, 2.45) is 11.5 Å². The quantitative estimate of drug-likeness (QED) is 0.319. The Kier molecular flexibility index (Phi) is 10.5. The molecule has 7 nitrogen and oxygen atoms in total. The topological polar surface area (TPSA) is 132 Å². The van der Waals surface area contributed by atoms with E-state index in [4.69, 9.17) is 11.5 Å². The largest absolute Gasteiger partial charge is 0.370 e. The molecule has 0 aromatic heterocycles. The standard InChI is InChI=1S/C25H37N3O4S/c1-2-3-8-18-28-19-9-4-5-15-23(29)25(27,17-16-24(26)30)33(31,32)22-14-10-12-20-11-6-7-13-21(20)22/h6-7,10-14,28H,2-5,8-9,15-19,27H2,1H3,(H2,26,30)/t25-/m0/s1. The molecule has 0 saturated heterocycles. The van der Waals surface area contributed by atoms with Crippen LogP contribution in [0.4, 0.5) is 0 Å². The lowest BCUT2D eigenvalue weighted by molar-refractivity contribution is -0.122. The molecule has 2 rings (SSSR count). The Balaban J connectivity index is 2.13. The summed E-state index contributed by atoms with van der Waals surface area (Å²) in [6.45, 7) is 4.01. The Morgan fingerprint density at radius 3 is 2.27 bits per heavy atom. The van der Waals surface area contributed by atoms with Crippen molar-refractivity contribution < 1.29 is 18.0 Å². The lowest BCUT2D eigenvalue weighted by Gasteiger charge is -2.28. The average Bonchev–Trinajstić information content (AvgIpc) is 2.80. The molecular weight excluding hydrogens is 438 g/mol. The number of ketones is 1. The molecule has 1 amide bonds. The van der Waals surface area contributed by atoms with Gasteiger partial charge < -0.3 is 16.8 Å². The van der Waals surface area contributed by atoms with E-state index in [1.807, 2.05) is 6.07 Å². The van der Waals surface area contributed by atoms with Crippen LogP contribution in [0, 0.1) is 0 Å². The molecule has 0 fully saturated rings. The molecule has 0 heterocycles. The molecule has 2 aromatic rings. The van der Waals surface area contributed by atoms with Crippen LogP contribution in [0.1, 0.15) is 64.7 Å². The highest BCUT2D eigenvalue weighted by molar-refractivity contribution is 7.93. The fourth-order valence-electron chi connectivity index (χ4n) is 3.91. The molecule has 0 saturated carbocycles. The third kappa shape index (κ3) is 7.09. The first kappa shape index (κ1) is 27.0. The predicted octanol–water partition coefficient (Wildman–Crippen LogP) is 3.44. The first-order valence-corrected chi connectivity index (χ1v) is 13.3. The zero-order valence-corrected chi connectivity index (χ0v) is 20.3. The van der Waals surface area contributed by atoms with Gasteiger partial charge in [0.15, 0.2) is 10.7 Å². The number of sulfone groups is 1. The van der Waals surface area contributed by atoms with Gasteiger partial charge in [0.25, 0.3) is 0 Å². The molecular formula is C25H37N3O4S. The minimum atomic E-state index is -4.27. The number of hydrogen-bond acceptors (Lipinski definition) is 6. The number of primary amides is 1. The molecule has 5 N–H and O–H groups in total. The van der Waals surface area contributed by atoms with Crippen LogP contribution in [0.25, 0.3) is 10.8 Å². The summed E-state index contributed by atoms with van der Waals surface area (Å²) < 4.78 is 27.3. The number of unbranched alkanes of at least 4 members (excludes halogenated alkanes) is 4. The maximum atomic E-state index is 13.7. The summed E-state index contributed by atoms with van der Waals surface area (Å²) in [5, 5.41) is 4.60. The molecule has 0 aliphatic heterocycles. The number of nitrogens with one attached hydrogen (secondary N) is 1. The molecule has 0 aliphatic carbocycles. The van der Waals surface area contributed by atoms with E-state index in [1.165, 1.54) is 18.9 Å². The highest BCUT2D eigenvalue weighted by atomic mass is 32.2. The third-order valence-electron chi connectivity index (χ3n) is 5.95. The molecule has 0 radical (unpaired) electrons. The molecule has 2 aromatic carbocycles. The Bertz CT molecular complexity index is 1030. The molecule has 8 heteroatoms. The van der Waals surface area contributed by atoms with E-state index in [0.29, 0.717) is 11.8 Å². The number of carbonyl (C=O) groups excluding carboxylic acids is 2. The highest BCUT2D eigenvalue weighted by Gasteiger charge is 2.47. The smallest absolute Gasteiger partial charge is 0.217 e. The van der Waals surface area contributed by atoms with Gasteiger partial charge in [0.2, 0.25) is 15.7 Å². The summed E-state index contributed by atoms with van der Waals surface area (Å²) in [7, 11) is -4.27. The van der Waals surface area contributed by atoms with Gasteiger partial charge in [0, 0.05) is 18.2 Å². The second kappa shape index (κ2) is 12.8. The van der Waals surface area contributed by atoms with E-state index in [9.17, 15) is 18.0 Å². The second-order valence-electron chi connectivity index (χ2n) is 8.53. The normalized spacial score (nSPS) is 13.6. The van der Waals surface area contributed by atoms with E-state index in [0.717, 1.165) is 37.7 Å². The van der Waals surface area contributed by atoms with Gasteiger partial charge in [-0.15, -0.1) is 0 Å². The number of hydrogen-bond donors (Lipinski definition) is 3. The van der Waals surface area contributed by atoms with Crippen molar-refractivity contribution in [1.29, 1.82) is 0 Å². The van der Waals surface area contributed by atoms with Crippen molar-refractivity contribution in [1.82, 2.24) is 5.32 Å². The molecule has 0 bridgehead atoms. The third-order valence-corrected chi connectivity index (χ3v) is 8.27. The van der Waals surface area contributed by atoms with Crippen molar-refractivity contribution in [2.75, 3.05) is 13.1 Å². The van der Waals surface area contributed by atoms with Crippen molar-refractivity contribution in [3.8, 4) is 0 Å².